The van der Waals surface area contributed by atoms with Crippen molar-refractivity contribution in [1.29, 1.82) is 0 Å². The van der Waals surface area contributed by atoms with Crippen molar-refractivity contribution in [1.82, 2.24) is 0 Å². The first-order valence-electron chi connectivity index (χ1n) is 7.82. The first kappa shape index (κ1) is 19.5. The Bertz CT molecular complexity index is 920. The molecule has 27 heavy (non-hydrogen) atoms. The standard InChI is InChI=1S/C19H16ClNO4S2/c1-23-14-7-11(8-15(24-2)17(14)25-3)9-16-18(22)21(19(26)27-16)13-6-4-5-12(20)10-13/h4-10H,1-3H3. The second-order valence-electron chi connectivity index (χ2n) is 5.46. The molecule has 140 valence electrons. The highest BCUT2D eigenvalue weighted by atomic mass is 35.5. The lowest BCUT2D eigenvalue weighted by Crippen LogP contribution is -2.27. The molecule has 1 saturated heterocycles. The van der Waals surface area contributed by atoms with E-state index in [2.05, 4.69) is 0 Å². The number of carbonyl (C=O) groups excluding carboxylic acids is 1. The summed E-state index contributed by atoms with van der Waals surface area (Å²) in [4.78, 5) is 14.8. The first-order chi connectivity index (χ1) is 13.0. The topological polar surface area (TPSA) is 48.0 Å². The van der Waals surface area contributed by atoms with Crippen LogP contribution in [0.2, 0.25) is 5.02 Å². The highest BCUT2D eigenvalue weighted by molar-refractivity contribution is 8.27. The normalized spacial score (nSPS) is 15.4. The van der Waals surface area contributed by atoms with Crippen molar-refractivity contribution in [2.24, 2.45) is 0 Å². The maximum absolute atomic E-state index is 12.9. The monoisotopic (exact) mass is 421 g/mol. The number of rotatable bonds is 5. The quantitative estimate of drug-likeness (QED) is 0.512. The summed E-state index contributed by atoms with van der Waals surface area (Å²) in [5.74, 6) is 1.30. The van der Waals surface area contributed by atoms with Crippen LogP contribution in [0.5, 0.6) is 17.2 Å². The van der Waals surface area contributed by atoms with Crippen molar-refractivity contribution in [2.75, 3.05) is 26.2 Å². The lowest BCUT2D eigenvalue weighted by atomic mass is 10.1. The van der Waals surface area contributed by atoms with Gasteiger partial charge in [0.05, 0.1) is 31.9 Å². The Morgan fingerprint density at radius 2 is 1.74 bits per heavy atom. The van der Waals surface area contributed by atoms with E-state index in [1.54, 1.807) is 56.7 Å². The molecule has 8 heteroatoms. The van der Waals surface area contributed by atoms with Gasteiger partial charge in [0.1, 0.15) is 0 Å². The summed E-state index contributed by atoms with van der Waals surface area (Å²) in [6.07, 6.45) is 1.74. The Balaban J connectivity index is 1.99. The first-order valence-corrected chi connectivity index (χ1v) is 9.42. The van der Waals surface area contributed by atoms with Crippen molar-refractivity contribution in [2.45, 2.75) is 0 Å². The van der Waals surface area contributed by atoms with Crippen LogP contribution in [0.25, 0.3) is 6.08 Å². The number of hydrogen-bond acceptors (Lipinski definition) is 6. The summed E-state index contributed by atoms with van der Waals surface area (Å²) in [6.45, 7) is 0. The van der Waals surface area contributed by atoms with Crippen LogP contribution in [0.4, 0.5) is 5.69 Å². The number of anilines is 1. The Labute approximate surface area is 171 Å². The van der Waals surface area contributed by atoms with Crippen LogP contribution in [0.1, 0.15) is 5.56 Å². The van der Waals surface area contributed by atoms with Gasteiger partial charge in [0.25, 0.3) is 5.91 Å². The molecule has 0 bridgehead atoms. The predicted octanol–water partition coefficient (Wildman–Crippen LogP) is 4.77. The third-order valence-corrected chi connectivity index (χ3v) is 5.38. The van der Waals surface area contributed by atoms with Gasteiger partial charge in [-0.3, -0.25) is 9.69 Å². The molecule has 5 nitrogen and oxygen atoms in total. The van der Waals surface area contributed by atoms with Gasteiger partial charge in [0.15, 0.2) is 15.8 Å². The molecule has 1 aliphatic rings. The largest absolute Gasteiger partial charge is 0.493 e. The summed E-state index contributed by atoms with van der Waals surface area (Å²) >= 11 is 12.7. The minimum atomic E-state index is -0.207. The lowest BCUT2D eigenvalue weighted by molar-refractivity contribution is -0.113. The van der Waals surface area contributed by atoms with Gasteiger partial charge in [0.2, 0.25) is 5.75 Å². The third kappa shape index (κ3) is 3.90. The molecule has 1 heterocycles. The van der Waals surface area contributed by atoms with E-state index in [9.17, 15) is 4.79 Å². The zero-order valence-corrected chi connectivity index (χ0v) is 17.2. The molecular formula is C19H16ClNO4S2. The van der Waals surface area contributed by atoms with Gasteiger partial charge in [-0.15, -0.1) is 0 Å². The molecule has 1 fully saturated rings. The van der Waals surface area contributed by atoms with Crippen LogP contribution in [0, 0.1) is 0 Å². The van der Waals surface area contributed by atoms with E-state index in [1.165, 1.54) is 23.8 Å². The zero-order chi connectivity index (χ0) is 19.6. The zero-order valence-electron chi connectivity index (χ0n) is 14.8. The summed E-state index contributed by atoms with van der Waals surface area (Å²) < 4.78 is 16.5. The molecule has 2 aromatic carbocycles. The number of amides is 1. The lowest BCUT2D eigenvalue weighted by Gasteiger charge is -2.14. The second-order valence-corrected chi connectivity index (χ2v) is 7.57. The fourth-order valence-electron chi connectivity index (χ4n) is 2.64. The van der Waals surface area contributed by atoms with Crippen molar-refractivity contribution >= 4 is 57.6 Å². The van der Waals surface area contributed by atoms with Gasteiger partial charge in [-0.2, -0.15) is 0 Å². The summed E-state index contributed by atoms with van der Waals surface area (Å²) in [5.41, 5.74) is 1.37. The number of benzene rings is 2. The fourth-order valence-corrected chi connectivity index (χ4v) is 4.13. The maximum atomic E-state index is 12.9. The molecule has 0 aliphatic carbocycles. The maximum Gasteiger partial charge on any atom is 0.270 e. The molecule has 2 aromatic rings. The van der Waals surface area contributed by atoms with Crippen LogP contribution in [-0.4, -0.2) is 31.6 Å². The number of halogens is 1. The van der Waals surface area contributed by atoms with E-state index < -0.39 is 0 Å². The fraction of sp³-hybridized carbons (Fsp3) is 0.158. The van der Waals surface area contributed by atoms with Crippen LogP contribution < -0.4 is 19.1 Å². The Morgan fingerprint density at radius 1 is 1.07 bits per heavy atom. The predicted molar refractivity (Wildman–Crippen MR) is 113 cm³/mol. The minimum absolute atomic E-state index is 0.207. The average molecular weight is 422 g/mol. The second kappa shape index (κ2) is 8.21. The van der Waals surface area contributed by atoms with Crippen LogP contribution in [0.15, 0.2) is 41.3 Å². The molecule has 0 N–H and O–H groups in total. The van der Waals surface area contributed by atoms with Crippen LogP contribution >= 0.6 is 35.6 Å². The molecule has 0 aromatic heterocycles. The minimum Gasteiger partial charge on any atom is -0.493 e. The molecule has 0 unspecified atom stereocenters. The highest BCUT2D eigenvalue weighted by Crippen LogP contribution is 2.41. The SMILES string of the molecule is COc1cc(C=C2SC(=S)N(c3cccc(Cl)c3)C2=O)cc(OC)c1OC. The van der Waals surface area contributed by atoms with Gasteiger partial charge in [-0.25, -0.2) is 0 Å². The molecule has 1 aliphatic heterocycles. The van der Waals surface area contributed by atoms with Gasteiger partial charge < -0.3 is 14.2 Å². The van der Waals surface area contributed by atoms with Gasteiger partial charge >= 0.3 is 0 Å². The molecule has 0 spiro atoms. The highest BCUT2D eigenvalue weighted by Gasteiger charge is 2.33. The third-order valence-electron chi connectivity index (χ3n) is 3.84. The number of thioether (sulfide) groups is 1. The van der Waals surface area contributed by atoms with E-state index in [0.717, 1.165) is 5.56 Å². The van der Waals surface area contributed by atoms with E-state index in [0.29, 0.717) is 37.2 Å². The van der Waals surface area contributed by atoms with E-state index in [-0.39, 0.29) is 5.91 Å². The summed E-state index contributed by atoms with van der Waals surface area (Å²) in [7, 11) is 4.62. The van der Waals surface area contributed by atoms with Crippen LogP contribution in [-0.2, 0) is 4.79 Å². The number of carbonyl (C=O) groups is 1. The van der Waals surface area contributed by atoms with Crippen molar-refractivity contribution in [3.63, 3.8) is 0 Å². The molecule has 1 amide bonds. The molecular weight excluding hydrogens is 406 g/mol. The van der Waals surface area contributed by atoms with Gasteiger partial charge in [-0.1, -0.05) is 41.6 Å². The van der Waals surface area contributed by atoms with E-state index in [1.807, 2.05) is 0 Å². The van der Waals surface area contributed by atoms with Gasteiger partial charge in [0, 0.05) is 5.02 Å². The Kier molecular flexibility index (Phi) is 5.94. The summed E-state index contributed by atoms with van der Waals surface area (Å²) in [5, 5.41) is 0.537. The van der Waals surface area contributed by atoms with E-state index in [4.69, 9.17) is 38.0 Å². The van der Waals surface area contributed by atoms with Crippen molar-refractivity contribution in [3.8, 4) is 17.2 Å². The van der Waals surface area contributed by atoms with Crippen LogP contribution in [0.3, 0.4) is 0 Å². The molecule has 0 saturated carbocycles. The Hall–Kier alpha value is -2.22. The van der Waals surface area contributed by atoms with Gasteiger partial charge in [-0.05, 0) is 42.0 Å². The Morgan fingerprint density at radius 3 is 2.30 bits per heavy atom. The molecule has 3 rings (SSSR count). The van der Waals surface area contributed by atoms with Crippen molar-refractivity contribution in [3.05, 3.63) is 51.9 Å². The number of ether oxygens (including phenoxy) is 3. The molecule has 0 atom stereocenters. The number of hydrogen-bond donors (Lipinski definition) is 0. The number of methoxy groups -OCH3 is 3. The van der Waals surface area contributed by atoms with E-state index >= 15 is 0 Å². The van der Waals surface area contributed by atoms with Crippen molar-refractivity contribution < 1.29 is 19.0 Å². The molecule has 0 radical (unpaired) electrons. The summed E-state index contributed by atoms with van der Waals surface area (Å²) in [6, 6.07) is 10.6. The number of nitrogens with zero attached hydrogens (tertiary/aromatic N) is 1. The average Bonchev–Trinajstić information content (AvgIpc) is 2.94. The smallest absolute Gasteiger partial charge is 0.270 e. The number of thiocarbonyl (C=S) groups is 1.